The van der Waals surface area contributed by atoms with Crippen molar-refractivity contribution in [3.8, 4) is 0 Å². The van der Waals surface area contributed by atoms with E-state index in [9.17, 15) is 23.1 Å². The van der Waals surface area contributed by atoms with Gasteiger partial charge >= 0.3 is 6.09 Å². The summed E-state index contributed by atoms with van der Waals surface area (Å²) in [4.78, 5) is 26.7. The Kier molecular flexibility index (Phi) is 13.0. The summed E-state index contributed by atoms with van der Waals surface area (Å²) in [5.41, 5.74) is 9.36. The number of anilines is 1. The molecular weight excluding hydrogens is 628 g/mol. The van der Waals surface area contributed by atoms with Crippen LogP contribution in [0.2, 0.25) is 0 Å². The van der Waals surface area contributed by atoms with E-state index in [-0.39, 0.29) is 30.4 Å². The van der Waals surface area contributed by atoms with Crippen molar-refractivity contribution >= 4 is 27.7 Å². The zero-order valence-corrected chi connectivity index (χ0v) is 28.5. The summed E-state index contributed by atoms with van der Waals surface area (Å²) >= 11 is 0. The largest absolute Gasteiger partial charge is 0.453 e. The number of alkyl carbamates (subject to hydrolysis) is 1. The number of nitrogens with one attached hydrogen (secondary N) is 2. The molecule has 1 aliphatic rings. The Labute approximate surface area is 283 Å². The zero-order valence-electron chi connectivity index (χ0n) is 27.7. The van der Waals surface area contributed by atoms with Crippen LogP contribution in [0.5, 0.6) is 0 Å². The Morgan fingerprint density at radius 3 is 2.10 bits per heavy atom. The average molecular weight is 675 g/mol. The molecule has 0 radical (unpaired) electrons. The van der Waals surface area contributed by atoms with Gasteiger partial charge in [-0.15, -0.1) is 0 Å². The molecule has 2 amide bonds. The number of carbonyl (C=O) groups is 2. The molecule has 3 aromatic carbocycles. The summed E-state index contributed by atoms with van der Waals surface area (Å²) in [7, 11) is -2.70. The number of aliphatic hydroxyl groups excluding tert-OH is 1. The molecule has 0 aromatic heterocycles. The molecule has 5 N–H and O–H groups in total. The van der Waals surface area contributed by atoms with Gasteiger partial charge in [0.15, 0.2) is 0 Å². The number of allylic oxidation sites excluding steroid dienone is 3. The molecule has 3 aromatic rings. The van der Waals surface area contributed by atoms with Gasteiger partial charge in [-0.1, -0.05) is 80.6 Å². The summed E-state index contributed by atoms with van der Waals surface area (Å²) in [6.07, 6.45) is 5.08. The van der Waals surface area contributed by atoms with Crippen molar-refractivity contribution in [1.29, 1.82) is 0 Å². The highest BCUT2D eigenvalue weighted by molar-refractivity contribution is 7.89. The fourth-order valence-corrected chi connectivity index (χ4v) is 7.45. The van der Waals surface area contributed by atoms with Crippen molar-refractivity contribution in [2.75, 3.05) is 26.0 Å². The molecule has 0 fully saturated rings. The number of hydrogen-bond acceptors (Lipinski definition) is 7. The average Bonchev–Trinajstić information content (AvgIpc) is 3.08. The van der Waals surface area contributed by atoms with Crippen molar-refractivity contribution in [2.24, 2.45) is 5.92 Å². The number of nitrogens with zero attached hydrogens (tertiary/aromatic N) is 1. The molecule has 256 valence electrons. The van der Waals surface area contributed by atoms with Gasteiger partial charge in [0.1, 0.15) is 6.04 Å². The summed E-state index contributed by atoms with van der Waals surface area (Å²) in [6.45, 7) is 3.88. The number of ether oxygens (including phenoxy) is 1. The van der Waals surface area contributed by atoms with Gasteiger partial charge in [-0.3, -0.25) is 4.79 Å². The topological polar surface area (TPSA) is 151 Å². The third-order valence-corrected chi connectivity index (χ3v) is 10.3. The first kappa shape index (κ1) is 36.4. The highest BCUT2D eigenvalue weighted by Gasteiger charge is 2.34. The molecule has 2 atom stereocenters. The first-order chi connectivity index (χ1) is 23.0. The van der Waals surface area contributed by atoms with Crippen molar-refractivity contribution in [2.45, 2.75) is 62.4 Å². The molecule has 0 saturated carbocycles. The molecule has 11 heteroatoms. The van der Waals surface area contributed by atoms with E-state index in [1.807, 2.05) is 86.7 Å². The fourth-order valence-electron chi connectivity index (χ4n) is 5.82. The molecule has 1 aliphatic carbocycles. The van der Waals surface area contributed by atoms with Crippen LogP contribution >= 0.6 is 0 Å². The summed E-state index contributed by atoms with van der Waals surface area (Å²) in [6, 6.07) is 23.3. The van der Waals surface area contributed by atoms with Gasteiger partial charge in [-0.05, 0) is 78.6 Å². The first-order valence-corrected chi connectivity index (χ1v) is 17.6. The van der Waals surface area contributed by atoms with Gasteiger partial charge in [0.2, 0.25) is 15.9 Å². The monoisotopic (exact) mass is 674 g/mol. The second kappa shape index (κ2) is 17.1. The van der Waals surface area contributed by atoms with Crippen LogP contribution in [0.1, 0.15) is 56.6 Å². The Hall–Kier alpha value is -4.45. The van der Waals surface area contributed by atoms with E-state index in [1.165, 1.54) is 23.5 Å². The lowest BCUT2D eigenvalue weighted by molar-refractivity contribution is -0.122. The SMILES string of the molecule is COC(=O)N[C@H](C(=O)NC1=CC(C[C@@H](CO)N(CCC(C)C)S(=O)(=O)c2ccc(N)cc2)=CCC1)C(c1ccccc1)c1ccccc1. The minimum absolute atomic E-state index is 0.107. The zero-order chi connectivity index (χ0) is 34.7. The van der Waals surface area contributed by atoms with Gasteiger partial charge in [0, 0.05) is 23.8 Å². The number of rotatable bonds is 15. The lowest BCUT2D eigenvalue weighted by Crippen LogP contribution is -2.50. The number of hydrogen-bond donors (Lipinski definition) is 4. The van der Waals surface area contributed by atoms with E-state index in [4.69, 9.17) is 10.5 Å². The Morgan fingerprint density at radius 1 is 0.958 bits per heavy atom. The van der Waals surface area contributed by atoms with Crippen molar-refractivity contribution in [3.63, 3.8) is 0 Å². The Balaban J connectivity index is 1.60. The third kappa shape index (κ3) is 9.56. The first-order valence-electron chi connectivity index (χ1n) is 16.2. The summed E-state index contributed by atoms with van der Waals surface area (Å²) < 4.78 is 33.9. The normalized spacial score (nSPS) is 14.6. The van der Waals surface area contributed by atoms with E-state index in [0.29, 0.717) is 30.6 Å². The van der Waals surface area contributed by atoms with E-state index in [0.717, 1.165) is 16.7 Å². The molecule has 0 saturated heterocycles. The molecule has 4 rings (SSSR count). The molecule has 0 unspecified atom stereocenters. The Bertz CT molecular complexity index is 1640. The van der Waals surface area contributed by atoms with Crippen LogP contribution in [-0.4, -0.2) is 62.2 Å². The number of nitrogens with two attached hydrogens (primary N) is 1. The maximum absolute atomic E-state index is 14.0. The molecular formula is C37H46N4O6S. The van der Waals surface area contributed by atoms with Gasteiger partial charge in [0.25, 0.3) is 0 Å². The van der Waals surface area contributed by atoms with Gasteiger partial charge in [-0.2, -0.15) is 4.31 Å². The molecule has 10 nitrogen and oxygen atoms in total. The number of aliphatic hydroxyl groups is 1. The van der Waals surface area contributed by atoms with Crippen LogP contribution < -0.4 is 16.4 Å². The van der Waals surface area contributed by atoms with Crippen molar-refractivity contribution < 1.29 is 27.9 Å². The predicted molar refractivity (Wildman–Crippen MR) is 187 cm³/mol. The van der Waals surface area contributed by atoms with Gasteiger partial charge in [0.05, 0.1) is 24.7 Å². The van der Waals surface area contributed by atoms with Crippen LogP contribution in [0.4, 0.5) is 10.5 Å². The lowest BCUT2D eigenvalue weighted by atomic mass is 9.84. The number of carbonyl (C=O) groups excluding carboxylic acids is 2. The van der Waals surface area contributed by atoms with Crippen molar-refractivity contribution in [1.82, 2.24) is 14.9 Å². The minimum Gasteiger partial charge on any atom is -0.453 e. The van der Waals surface area contributed by atoms with Crippen molar-refractivity contribution in [3.05, 3.63) is 119 Å². The number of benzene rings is 3. The van der Waals surface area contributed by atoms with E-state index in [1.54, 1.807) is 12.1 Å². The van der Waals surface area contributed by atoms with Crippen LogP contribution in [0.3, 0.4) is 0 Å². The molecule has 48 heavy (non-hydrogen) atoms. The van der Waals surface area contributed by atoms with Crippen LogP contribution in [0.15, 0.2) is 113 Å². The van der Waals surface area contributed by atoms with Crippen LogP contribution in [-0.2, 0) is 19.6 Å². The molecule has 0 aliphatic heterocycles. The predicted octanol–water partition coefficient (Wildman–Crippen LogP) is 5.33. The van der Waals surface area contributed by atoms with Crippen LogP contribution in [0, 0.1) is 5.92 Å². The number of sulfonamides is 1. The second-order valence-corrected chi connectivity index (χ2v) is 14.2. The Morgan fingerprint density at radius 2 is 1.56 bits per heavy atom. The van der Waals surface area contributed by atoms with Gasteiger partial charge in [-0.25, -0.2) is 13.2 Å². The summed E-state index contributed by atoms with van der Waals surface area (Å²) in [5.74, 6) is -0.697. The highest BCUT2D eigenvalue weighted by Crippen LogP contribution is 2.30. The smallest absolute Gasteiger partial charge is 0.407 e. The van der Waals surface area contributed by atoms with E-state index in [2.05, 4.69) is 10.6 Å². The van der Waals surface area contributed by atoms with E-state index >= 15 is 0 Å². The maximum Gasteiger partial charge on any atom is 0.407 e. The standard InChI is InChI=1S/C37H46N4O6S/c1-26(2)21-22-41(48(45,46)33-19-17-30(38)18-20-33)32(25-42)24-27-11-10-16-31(23-27)39-36(43)35(40-37(44)47-3)34(28-12-6-4-7-13-28)29-14-8-5-9-15-29/h4-9,11-15,17-20,23,26,32,34-35,42H,10,16,21-22,24-25,38H2,1-3H3,(H,39,43)(H,40,44)/t32-,35-/m0/s1. The minimum atomic E-state index is -3.95. The number of nitrogen functional groups attached to an aromatic ring is 1. The van der Waals surface area contributed by atoms with Gasteiger partial charge < -0.3 is 26.2 Å². The number of methoxy groups -OCH3 is 1. The number of amides is 2. The lowest BCUT2D eigenvalue weighted by Gasteiger charge is -2.31. The third-order valence-electron chi connectivity index (χ3n) is 8.36. The highest BCUT2D eigenvalue weighted by atomic mass is 32.2. The molecule has 0 spiro atoms. The summed E-state index contributed by atoms with van der Waals surface area (Å²) in [5, 5.41) is 16.3. The van der Waals surface area contributed by atoms with E-state index < -0.39 is 40.0 Å². The maximum atomic E-state index is 14.0. The quantitative estimate of drug-likeness (QED) is 0.159. The van der Waals surface area contributed by atoms with Crippen LogP contribution in [0.25, 0.3) is 0 Å². The molecule has 0 heterocycles. The second-order valence-electron chi connectivity index (χ2n) is 12.3. The fraction of sp³-hybridized carbons (Fsp3) is 0.351. The molecule has 0 bridgehead atoms.